The summed E-state index contributed by atoms with van der Waals surface area (Å²) in [6.07, 6.45) is 1.93. The molecule has 1 saturated heterocycles. The number of likely N-dealkylation sites (tertiary alicyclic amines) is 1. The van der Waals surface area contributed by atoms with Crippen LogP contribution in [-0.2, 0) is 21.4 Å². The van der Waals surface area contributed by atoms with Gasteiger partial charge >= 0.3 is 0 Å². The van der Waals surface area contributed by atoms with E-state index in [1.807, 2.05) is 68.1 Å². The Morgan fingerprint density at radius 2 is 1.84 bits per heavy atom. The van der Waals surface area contributed by atoms with Crippen molar-refractivity contribution in [2.45, 2.75) is 19.9 Å². The molecule has 1 N–H and O–H groups in total. The highest BCUT2D eigenvalue weighted by Gasteiger charge is 2.46. The molecule has 2 aromatic carbocycles. The number of hydrogen-bond donors (Lipinski definition) is 1. The lowest BCUT2D eigenvalue weighted by Crippen LogP contribution is -2.32. The number of aliphatic hydroxyl groups is 1. The van der Waals surface area contributed by atoms with E-state index in [-0.39, 0.29) is 24.5 Å². The molecule has 0 aliphatic carbocycles. The molecule has 1 aliphatic rings. The predicted octanol–water partition coefficient (Wildman–Crippen LogP) is 3.86. The first-order chi connectivity index (χ1) is 14.8. The van der Waals surface area contributed by atoms with E-state index in [1.165, 1.54) is 4.90 Å². The van der Waals surface area contributed by atoms with E-state index in [1.54, 1.807) is 13.2 Å². The molecule has 0 radical (unpaired) electrons. The number of nitrogens with zero attached hydrogens (tertiary/aromatic N) is 2. The number of benzene rings is 2. The van der Waals surface area contributed by atoms with E-state index >= 15 is 0 Å². The van der Waals surface area contributed by atoms with Gasteiger partial charge in [-0.3, -0.25) is 9.59 Å². The van der Waals surface area contributed by atoms with E-state index in [9.17, 15) is 14.7 Å². The Bertz CT molecular complexity index is 1220. The lowest BCUT2D eigenvalue weighted by molar-refractivity contribution is -0.140. The molecule has 4 rings (SSSR count). The summed E-state index contributed by atoms with van der Waals surface area (Å²) in [5.74, 6) is -1.45. The number of para-hydroxylation sites is 1. The zero-order valence-corrected chi connectivity index (χ0v) is 18.2. The number of aryl methyl sites for hydroxylation is 3. The molecule has 1 unspecified atom stereocenters. The minimum Gasteiger partial charge on any atom is -0.507 e. The Labute approximate surface area is 181 Å². The van der Waals surface area contributed by atoms with Crippen LogP contribution in [0.25, 0.3) is 16.7 Å². The molecule has 1 amide bonds. The third kappa shape index (κ3) is 3.43. The fourth-order valence-electron chi connectivity index (χ4n) is 4.26. The Morgan fingerprint density at radius 1 is 1.10 bits per heavy atom. The van der Waals surface area contributed by atoms with E-state index < -0.39 is 17.7 Å². The molecular formula is C25H26N2O4. The number of methoxy groups -OCH3 is 1. The highest BCUT2D eigenvalue weighted by atomic mass is 16.5. The van der Waals surface area contributed by atoms with Gasteiger partial charge in [0.05, 0.1) is 18.2 Å². The first kappa shape index (κ1) is 20.9. The van der Waals surface area contributed by atoms with Gasteiger partial charge in [0.2, 0.25) is 0 Å². The van der Waals surface area contributed by atoms with Crippen LogP contribution in [0.4, 0.5) is 0 Å². The third-order valence-electron chi connectivity index (χ3n) is 6.08. The first-order valence-electron chi connectivity index (χ1n) is 10.2. The van der Waals surface area contributed by atoms with Crippen molar-refractivity contribution in [3.05, 3.63) is 76.5 Å². The van der Waals surface area contributed by atoms with Crippen molar-refractivity contribution in [3.63, 3.8) is 0 Å². The van der Waals surface area contributed by atoms with E-state index in [0.29, 0.717) is 5.56 Å². The number of carbonyl (C=O) groups is 2. The smallest absolute Gasteiger partial charge is 0.295 e. The Hall–Kier alpha value is -3.38. The van der Waals surface area contributed by atoms with Crippen LogP contribution < -0.4 is 0 Å². The van der Waals surface area contributed by atoms with Crippen molar-refractivity contribution in [3.8, 4) is 0 Å². The molecular weight excluding hydrogens is 392 g/mol. The zero-order valence-electron chi connectivity index (χ0n) is 18.2. The zero-order chi connectivity index (χ0) is 22.3. The molecule has 0 bridgehead atoms. The molecule has 1 atom stereocenters. The summed E-state index contributed by atoms with van der Waals surface area (Å²) in [5.41, 5.74) is 4.51. The van der Waals surface area contributed by atoms with Gasteiger partial charge in [-0.1, -0.05) is 30.3 Å². The molecule has 0 spiro atoms. The van der Waals surface area contributed by atoms with Crippen LogP contribution in [0.3, 0.4) is 0 Å². The molecule has 1 aliphatic heterocycles. The molecule has 6 nitrogen and oxygen atoms in total. The lowest BCUT2D eigenvalue weighted by Gasteiger charge is -2.24. The number of ether oxygens (including phenoxy) is 1. The largest absolute Gasteiger partial charge is 0.507 e. The van der Waals surface area contributed by atoms with Crippen molar-refractivity contribution in [2.24, 2.45) is 7.05 Å². The van der Waals surface area contributed by atoms with Crippen molar-refractivity contribution < 1.29 is 19.4 Å². The maximum absolute atomic E-state index is 13.1. The molecule has 0 saturated carbocycles. The lowest BCUT2D eigenvalue weighted by atomic mass is 9.94. The fourth-order valence-corrected chi connectivity index (χ4v) is 4.26. The maximum Gasteiger partial charge on any atom is 0.295 e. The summed E-state index contributed by atoms with van der Waals surface area (Å²) in [7, 11) is 3.48. The molecule has 1 aromatic heterocycles. The summed E-state index contributed by atoms with van der Waals surface area (Å²) in [5, 5.41) is 12.2. The third-order valence-corrected chi connectivity index (χ3v) is 6.08. The SMILES string of the molecule is COCCN1C(=O)C(=O)/C(=C(/O)c2ccc(C)c(C)c2)C1c1cn(C)c2ccccc12. The second-order valence-corrected chi connectivity index (χ2v) is 8.00. The molecule has 1 fully saturated rings. The van der Waals surface area contributed by atoms with Crippen molar-refractivity contribution in [1.29, 1.82) is 0 Å². The van der Waals surface area contributed by atoms with Crippen molar-refractivity contribution >= 4 is 28.4 Å². The standard InChI is InChI=1S/C25H26N2O4/c1-15-9-10-17(13-16(15)2)23(28)21-22(27(11-12-31-4)25(30)24(21)29)19-14-26(3)20-8-6-5-7-18(19)20/h5-10,13-14,22,28H,11-12H2,1-4H3/b23-21+. The van der Waals surface area contributed by atoms with E-state index in [2.05, 4.69) is 0 Å². The van der Waals surface area contributed by atoms with Gasteiger partial charge in [-0.15, -0.1) is 0 Å². The topological polar surface area (TPSA) is 71.8 Å². The minimum atomic E-state index is -0.692. The van der Waals surface area contributed by atoms with Crippen LogP contribution in [0.2, 0.25) is 0 Å². The Morgan fingerprint density at radius 3 is 2.55 bits per heavy atom. The number of fused-ring (bicyclic) bond motifs is 1. The summed E-state index contributed by atoms with van der Waals surface area (Å²) in [6, 6.07) is 12.7. The van der Waals surface area contributed by atoms with Crippen LogP contribution in [-0.4, -0.2) is 46.5 Å². The maximum atomic E-state index is 13.1. The summed E-state index contributed by atoms with van der Waals surface area (Å²) < 4.78 is 7.15. The second-order valence-electron chi connectivity index (χ2n) is 8.00. The van der Waals surface area contributed by atoms with Gasteiger partial charge in [0, 0.05) is 48.9 Å². The van der Waals surface area contributed by atoms with Gasteiger partial charge in [0.15, 0.2) is 0 Å². The van der Waals surface area contributed by atoms with Crippen LogP contribution in [0.5, 0.6) is 0 Å². The number of Topliss-reactive ketones (excluding diaryl/α,β-unsaturated/α-hetero) is 1. The highest BCUT2D eigenvalue weighted by Crippen LogP contribution is 2.42. The molecule has 6 heteroatoms. The van der Waals surface area contributed by atoms with Crippen LogP contribution in [0, 0.1) is 13.8 Å². The van der Waals surface area contributed by atoms with Crippen LogP contribution in [0.1, 0.15) is 28.3 Å². The fraction of sp³-hybridized carbons (Fsp3) is 0.280. The molecule has 31 heavy (non-hydrogen) atoms. The van der Waals surface area contributed by atoms with Gasteiger partial charge in [-0.2, -0.15) is 0 Å². The average Bonchev–Trinajstić information content (AvgIpc) is 3.22. The van der Waals surface area contributed by atoms with Crippen LogP contribution in [0.15, 0.2) is 54.2 Å². The monoisotopic (exact) mass is 418 g/mol. The van der Waals surface area contributed by atoms with Gasteiger partial charge in [-0.05, 0) is 37.1 Å². The van der Waals surface area contributed by atoms with Crippen LogP contribution >= 0.6 is 0 Å². The summed E-state index contributed by atoms with van der Waals surface area (Å²) >= 11 is 0. The second kappa shape index (κ2) is 8.04. The van der Waals surface area contributed by atoms with Crippen molar-refractivity contribution in [1.82, 2.24) is 9.47 Å². The Balaban J connectivity index is 1.96. The van der Waals surface area contributed by atoms with Gasteiger partial charge < -0.3 is 19.3 Å². The van der Waals surface area contributed by atoms with E-state index in [4.69, 9.17) is 4.74 Å². The van der Waals surface area contributed by atoms with Crippen molar-refractivity contribution in [2.75, 3.05) is 20.3 Å². The summed E-state index contributed by atoms with van der Waals surface area (Å²) in [6.45, 7) is 4.47. The average molecular weight is 418 g/mol. The number of rotatable bonds is 5. The number of aliphatic hydroxyl groups excluding tert-OH is 1. The summed E-state index contributed by atoms with van der Waals surface area (Å²) in [4.78, 5) is 27.6. The molecule has 2 heterocycles. The van der Waals surface area contributed by atoms with Gasteiger partial charge in [0.1, 0.15) is 5.76 Å². The molecule has 3 aromatic rings. The first-order valence-corrected chi connectivity index (χ1v) is 10.2. The normalized spacial score (nSPS) is 18.3. The number of hydrogen-bond acceptors (Lipinski definition) is 4. The number of aromatic nitrogens is 1. The Kier molecular flexibility index (Phi) is 5.41. The van der Waals surface area contributed by atoms with E-state index in [0.717, 1.165) is 27.6 Å². The molecule has 160 valence electrons. The number of carbonyl (C=O) groups excluding carboxylic acids is 2. The van der Waals surface area contributed by atoms with Gasteiger partial charge in [0.25, 0.3) is 11.7 Å². The number of ketones is 1. The highest BCUT2D eigenvalue weighted by molar-refractivity contribution is 6.46. The number of amides is 1. The minimum absolute atomic E-state index is 0.112. The quantitative estimate of drug-likeness (QED) is 0.388. The predicted molar refractivity (Wildman–Crippen MR) is 120 cm³/mol. The van der Waals surface area contributed by atoms with Gasteiger partial charge in [-0.25, -0.2) is 0 Å².